The third-order valence-electron chi connectivity index (χ3n) is 6.33. The van der Waals surface area contributed by atoms with Gasteiger partial charge in [0.25, 0.3) is 11.5 Å². The minimum atomic E-state index is -0.420. The minimum Gasteiger partial charge on any atom is -0.327 e. The molecule has 0 bridgehead atoms. The number of amides is 1. The van der Waals surface area contributed by atoms with Crippen LogP contribution >= 0.6 is 27.5 Å². The van der Waals surface area contributed by atoms with Gasteiger partial charge in [0.05, 0.1) is 23.5 Å². The van der Waals surface area contributed by atoms with Gasteiger partial charge in [-0.2, -0.15) is 0 Å². The molecule has 4 aromatic rings. The highest BCUT2D eigenvalue weighted by atomic mass is 79.9. The molecule has 0 spiro atoms. The van der Waals surface area contributed by atoms with Crippen molar-refractivity contribution in [2.75, 3.05) is 27.2 Å². The molecule has 8 heteroatoms. The summed E-state index contributed by atoms with van der Waals surface area (Å²) in [5, 5.41) is 1.01. The zero-order chi connectivity index (χ0) is 26.5. The summed E-state index contributed by atoms with van der Waals surface area (Å²) in [6, 6.07) is 21.9. The summed E-state index contributed by atoms with van der Waals surface area (Å²) < 4.78 is 2.61. The molecule has 1 aromatic heterocycles. The van der Waals surface area contributed by atoms with Gasteiger partial charge in [-0.25, -0.2) is 4.98 Å². The number of carbonyl (C=O) groups is 1. The van der Waals surface area contributed by atoms with E-state index in [4.69, 9.17) is 16.6 Å². The van der Waals surface area contributed by atoms with Crippen LogP contribution < -0.4 is 5.56 Å². The van der Waals surface area contributed by atoms with Gasteiger partial charge in [-0.1, -0.05) is 64.8 Å². The zero-order valence-corrected chi connectivity index (χ0v) is 23.5. The molecule has 3 aromatic carbocycles. The van der Waals surface area contributed by atoms with Crippen molar-refractivity contribution in [2.24, 2.45) is 0 Å². The van der Waals surface area contributed by atoms with E-state index < -0.39 is 6.04 Å². The fourth-order valence-corrected chi connectivity index (χ4v) is 4.82. The van der Waals surface area contributed by atoms with Crippen molar-refractivity contribution >= 4 is 44.3 Å². The summed E-state index contributed by atoms with van der Waals surface area (Å²) in [5.41, 5.74) is 1.94. The largest absolute Gasteiger partial charge is 0.327 e. The molecule has 37 heavy (non-hydrogen) atoms. The smallest absolute Gasteiger partial charge is 0.261 e. The highest BCUT2D eigenvalue weighted by molar-refractivity contribution is 9.10. The number of rotatable bonds is 9. The van der Waals surface area contributed by atoms with E-state index in [2.05, 4.69) is 15.9 Å². The van der Waals surface area contributed by atoms with Crippen molar-refractivity contribution < 1.29 is 4.79 Å². The van der Waals surface area contributed by atoms with Crippen LogP contribution in [0.1, 0.15) is 41.1 Å². The number of nitrogens with zero attached hydrogens (tertiary/aromatic N) is 4. The molecule has 0 saturated carbocycles. The first-order valence-electron chi connectivity index (χ1n) is 12.2. The van der Waals surface area contributed by atoms with Crippen LogP contribution in [0.5, 0.6) is 0 Å². The van der Waals surface area contributed by atoms with Crippen molar-refractivity contribution in [3.8, 4) is 0 Å². The summed E-state index contributed by atoms with van der Waals surface area (Å²) in [7, 11) is 3.95. The van der Waals surface area contributed by atoms with Crippen LogP contribution in [0.3, 0.4) is 0 Å². The first-order chi connectivity index (χ1) is 17.8. The second kappa shape index (κ2) is 12.0. The van der Waals surface area contributed by atoms with Crippen LogP contribution in [-0.2, 0) is 6.54 Å². The van der Waals surface area contributed by atoms with Gasteiger partial charge in [0.15, 0.2) is 0 Å². The SMILES string of the molecule is CCC(c1nc2cc(Cl)ccc2c(=O)n1Cc1ccccc1)N(CCN(C)C)C(=O)c1ccc(Br)cc1. The molecule has 0 aliphatic carbocycles. The molecule has 0 aliphatic rings. The van der Waals surface area contributed by atoms with E-state index in [-0.39, 0.29) is 11.5 Å². The molecule has 0 saturated heterocycles. The van der Waals surface area contributed by atoms with Gasteiger partial charge in [0, 0.05) is 28.1 Å². The standard InChI is InChI=1S/C29H30BrClN4O2/c1-4-26(34(17-16-33(2)3)28(36)21-10-12-22(30)13-11-21)27-32-25-18-23(31)14-15-24(25)29(37)35(27)19-20-8-6-5-7-9-20/h5-15,18,26H,4,16-17,19H2,1-3H3. The van der Waals surface area contributed by atoms with Crippen LogP contribution in [0.25, 0.3) is 10.9 Å². The van der Waals surface area contributed by atoms with Gasteiger partial charge in [-0.05, 0) is 68.5 Å². The van der Waals surface area contributed by atoms with Crippen molar-refractivity contribution in [1.82, 2.24) is 19.4 Å². The molecule has 1 atom stereocenters. The summed E-state index contributed by atoms with van der Waals surface area (Å²) >= 11 is 9.72. The van der Waals surface area contributed by atoms with Gasteiger partial charge in [-0.3, -0.25) is 14.2 Å². The monoisotopic (exact) mass is 580 g/mol. The molecule has 0 N–H and O–H groups in total. The molecule has 1 amide bonds. The number of likely N-dealkylation sites (N-methyl/N-ethyl adjacent to an activating group) is 1. The Morgan fingerprint density at radius 2 is 1.73 bits per heavy atom. The second-order valence-corrected chi connectivity index (χ2v) is 10.6. The summed E-state index contributed by atoms with van der Waals surface area (Å²) in [6.45, 7) is 3.52. The average molecular weight is 582 g/mol. The lowest BCUT2D eigenvalue weighted by Gasteiger charge is -2.33. The van der Waals surface area contributed by atoms with Crippen LogP contribution in [0.15, 0.2) is 82.1 Å². The number of benzene rings is 3. The highest BCUT2D eigenvalue weighted by Crippen LogP contribution is 2.27. The van der Waals surface area contributed by atoms with E-state index in [0.29, 0.717) is 53.4 Å². The molecular formula is C29H30BrClN4O2. The first-order valence-corrected chi connectivity index (χ1v) is 13.4. The Kier molecular flexibility index (Phi) is 8.79. The Balaban J connectivity index is 1.89. The number of hydrogen-bond acceptors (Lipinski definition) is 4. The Morgan fingerprint density at radius 3 is 2.38 bits per heavy atom. The quantitative estimate of drug-likeness (QED) is 0.243. The van der Waals surface area contributed by atoms with Crippen molar-refractivity contribution in [3.63, 3.8) is 0 Å². The maximum Gasteiger partial charge on any atom is 0.261 e. The Hall–Kier alpha value is -3.00. The van der Waals surface area contributed by atoms with Crippen molar-refractivity contribution in [3.05, 3.63) is 110 Å². The van der Waals surface area contributed by atoms with Gasteiger partial charge in [-0.15, -0.1) is 0 Å². The topological polar surface area (TPSA) is 58.4 Å². The van der Waals surface area contributed by atoms with Gasteiger partial charge in [0.1, 0.15) is 5.82 Å². The maximum absolute atomic E-state index is 13.9. The normalized spacial score (nSPS) is 12.2. The van der Waals surface area contributed by atoms with E-state index in [0.717, 1.165) is 10.0 Å². The minimum absolute atomic E-state index is 0.104. The van der Waals surface area contributed by atoms with E-state index >= 15 is 0 Å². The number of hydrogen-bond donors (Lipinski definition) is 0. The van der Waals surface area contributed by atoms with Crippen LogP contribution in [0, 0.1) is 0 Å². The van der Waals surface area contributed by atoms with Crippen molar-refractivity contribution in [1.29, 1.82) is 0 Å². The molecule has 4 rings (SSSR count). The van der Waals surface area contributed by atoms with Crippen LogP contribution in [-0.4, -0.2) is 52.4 Å². The van der Waals surface area contributed by atoms with Crippen molar-refractivity contribution in [2.45, 2.75) is 25.9 Å². The molecule has 192 valence electrons. The predicted octanol–water partition coefficient (Wildman–Crippen LogP) is 6.02. The molecule has 0 radical (unpaired) electrons. The number of aromatic nitrogens is 2. The third-order valence-corrected chi connectivity index (χ3v) is 7.10. The lowest BCUT2D eigenvalue weighted by atomic mass is 10.1. The van der Waals surface area contributed by atoms with Crippen LogP contribution in [0.2, 0.25) is 5.02 Å². The van der Waals surface area contributed by atoms with E-state index in [1.165, 1.54) is 0 Å². The van der Waals surface area contributed by atoms with Crippen LogP contribution in [0.4, 0.5) is 0 Å². The Bertz CT molecular complexity index is 1440. The second-order valence-electron chi connectivity index (χ2n) is 9.24. The number of fused-ring (bicyclic) bond motifs is 1. The fraction of sp³-hybridized carbons (Fsp3) is 0.276. The maximum atomic E-state index is 13.9. The molecule has 0 aliphatic heterocycles. The molecular weight excluding hydrogens is 552 g/mol. The lowest BCUT2D eigenvalue weighted by Crippen LogP contribution is -2.42. The van der Waals surface area contributed by atoms with E-state index in [9.17, 15) is 9.59 Å². The summed E-state index contributed by atoms with van der Waals surface area (Å²) in [5.74, 6) is 0.447. The van der Waals surface area contributed by atoms with E-state index in [1.807, 2.05) is 85.4 Å². The van der Waals surface area contributed by atoms with Gasteiger partial charge in [0.2, 0.25) is 0 Å². The molecule has 6 nitrogen and oxygen atoms in total. The van der Waals surface area contributed by atoms with Gasteiger partial charge < -0.3 is 9.80 Å². The fourth-order valence-electron chi connectivity index (χ4n) is 4.39. The third kappa shape index (κ3) is 6.29. The number of halogens is 2. The summed E-state index contributed by atoms with van der Waals surface area (Å²) in [6.07, 6.45) is 0.586. The molecule has 1 heterocycles. The van der Waals surface area contributed by atoms with E-state index in [1.54, 1.807) is 22.8 Å². The summed E-state index contributed by atoms with van der Waals surface area (Å²) in [4.78, 5) is 36.5. The predicted molar refractivity (Wildman–Crippen MR) is 153 cm³/mol. The average Bonchev–Trinajstić information content (AvgIpc) is 2.88. The Morgan fingerprint density at radius 1 is 1.03 bits per heavy atom. The zero-order valence-electron chi connectivity index (χ0n) is 21.2. The van der Waals surface area contributed by atoms with Gasteiger partial charge >= 0.3 is 0 Å². The first kappa shape index (κ1) is 27.0. The molecule has 0 fully saturated rings. The number of carbonyl (C=O) groups excluding carboxylic acids is 1. The molecule has 1 unspecified atom stereocenters. The lowest BCUT2D eigenvalue weighted by molar-refractivity contribution is 0.0642. The Labute approximate surface area is 230 Å². The highest BCUT2D eigenvalue weighted by Gasteiger charge is 2.29.